The first-order chi connectivity index (χ1) is 16.1. The Bertz CT molecular complexity index is 1390. The van der Waals surface area contributed by atoms with Crippen molar-refractivity contribution < 1.29 is 36.9 Å². The SMILES string of the molecule is Cc1noc(=O)c2ccc(NC(=O)C(O)(CC(C)(C)c3cc(F)ccc3[N+](=O)[O-])C(F)(F)F)cc12. The molecular weight excluding hydrogens is 478 g/mol. The molecule has 2 aromatic carbocycles. The number of carbonyl (C=O) groups is 1. The van der Waals surface area contributed by atoms with Crippen molar-refractivity contribution in [2.24, 2.45) is 0 Å². The number of aliphatic hydroxyl groups is 1. The van der Waals surface area contributed by atoms with Crippen molar-refractivity contribution in [3.8, 4) is 0 Å². The van der Waals surface area contributed by atoms with E-state index < -0.39 is 57.1 Å². The Kier molecular flexibility index (Phi) is 6.42. The van der Waals surface area contributed by atoms with Crippen LogP contribution in [0.5, 0.6) is 0 Å². The molecule has 0 spiro atoms. The first-order valence-electron chi connectivity index (χ1n) is 10.0. The molecule has 13 heteroatoms. The third-order valence-corrected chi connectivity index (χ3v) is 5.58. The van der Waals surface area contributed by atoms with Gasteiger partial charge < -0.3 is 14.9 Å². The fraction of sp³-hybridized carbons (Fsp3) is 0.318. The molecule has 0 saturated heterocycles. The minimum atomic E-state index is -5.51. The van der Waals surface area contributed by atoms with Crippen LogP contribution < -0.4 is 10.9 Å². The second-order valence-corrected chi connectivity index (χ2v) is 8.61. The minimum Gasteiger partial charge on any atom is -0.373 e. The number of anilines is 1. The average molecular weight is 497 g/mol. The number of halogens is 4. The summed E-state index contributed by atoms with van der Waals surface area (Å²) in [6.45, 7) is 3.70. The highest BCUT2D eigenvalue weighted by atomic mass is 19.4. The van der Waals surface area contributed by atoms with E-state index in [1.54, 1.807) is 0 Å². The summed E-state index contributed by atoms with van der Waals surface area (Å²) in [5.74, 6) is -2.81. The number of aromatic nitrogens is 1. The van der Waals surface area contributed by atoms with Crippen LogP contribution in [0.1, 0.15) is 31.5 Å². The lowest BCUT2D eigenvalue weighted by Gasteiger charge is -2.36. The molecule has 1 amide bonds. The van der Waals surface area contributed by atoms with Crippen LogP contribution in [0.3, 0.4) is 0 Å². The lowest BCUT2D eigenvalue weighted by Crippen LogP contribution is -2.57. The first-order valence-corrected chi connectivity index (χ1v) is 10.0. The summed E-state index contributed by atoms with van der Waals surface area (Å²) >= 11 is 0. The number of benzene rings is 2. The zero-order chi connectivity index (χ0) is 26.3. The molecule has 9 nitrogen and oxygen atoms in total. The first kappa shape index (κ1) is 25.7. The number of carbonyl (C=O) groups excluding carboxylic acids is 1. The van der Waals surface area contributed by atoms with E-state index in [1.165, 1.54) is 19.1 Å². The van der Waals surface area contributed by atoms with Gasteiger partial charge in [-0.2, -0.15) is 13.2 Å². The third kappa shape index (κ3) is 4.85. The van der Waals surface area contributed by atoms with Crippen molar-refractivity contribution >= 4 is 28.1 Å². The van der Waals surface area contributed by atoms with Crippen LogP contribution in [0, 0.1) is 22.9 Å². The number of hydrogen-bond acceptors (Lipinski definition) is 7. The van der Waals surface area contributed by atoms with Gasteiger partial charge in [-0.05, 0) is 37.3 Å². The largest absolute Gasteiger partial charge is 0.426 e. The molecule has 1 aromatic heterocycles. The summed E-state index contributed by atoms with van der Waals surface area (Å²) in [4.78, 5) is 35.0. The van der Waals surface area contributed by atoms with Gasteiger partial charge in [0.1, 0.15) is 5.82 Å². The zero-order valence-corrected chi connectivity index (χ0v) is 18.6. The fourth-order valence-corrected chi connectivity index (χ4v) is 3.80. The molecule has 0 radical (unpaired) electrons. The average Bonchev–Trinajstić information content (AvgIpc) is 2.75. The van der Waals surface area contributed by atoms with Gasteiger partial charge in [-0.1, -0.05) is 19.0 Å². The Morgan fingerprint density at radius 3 is 2.43 bits per heavy atom. The van der Waals surface area contributed by atoms with Gasteiger partial charge in [0, 0.05) is 34.5 Å². The minimum absolute atomic E-state index is 0.0705. The molecular formula is C22H19F4N3O6. The lowest BCUT2D eigenvalue weighted by molar-refractivity contribution is -0.386. The standard InChI is InChI=1S/C22H19F4N3O6/c1-11-15-9-13(5-6-14(15)18(30)35-28-11)27-19(31)21(32,22(24,25)26)10-20(2,3)16-8-12(23)4-7-17(16)29(33)34/h4-9,32H,10H2,1-3H3,(H,27,31). The smallest absolute Gasteiger partial charge is 0.373 e. The van der Waals surface area contributed by atoms with Gasteiger partial charge in [0.25, 0.3) is 11.6 Å². The summed E-state index contributed by atoms with van der Waals surface area (Å²) in [5.41, 5.74) is -7.76. The predicted molar refractivity (Wildman–Crippen MR) is 115 cm³/mol. The molecule has 3 aromatic rings. The Morgan fingerprint density at radius 2 is 1.83 bits per heavy atom. The molecule has 0 fully saturated rings. The van der Waals surface area contributed by atoms with E-state index in [9.17, 15) is 42.4 Å². The molecule has 3 rings (SSSR count). The number of nitro benzene ring substituents is 1. The van der Waals surface area contributed by atoms with E-state index in [1.807, 2.05) is 5.32 Å². The number of fused-ring (bicyclic) bond motifs is 1. The van der Waals surface area contributed by atoms with Crippen LogP contribution in [-0.4, -0.2) is 32.9 Å². The Labute approximate surface area is 194 Å². The number of alkyl halides is 3. The molecule has 35 heavy (non-hydrogen) atoms. The Hall–Kier alpha value is -3.87. The summed E-state index contributed by atoms with van der Waals surface area (Å²) < 4.78 is 60.5. The maximum Gasteiger partial charge on any atom is 0.426 e. The van der Waals surface area contributed by atoms with Crippen LogP contribution >= 0.6 is 0 Å². The maximum atomic E-state index is 14.0. The molecule has 1 heterocycles. The van der Waals surface area contributed by atoms with Crippen LogP contribution in [0.2, 0.25) is 0 Å². The number of rotatable bonds is 6. The van der Waals surface area contributed by atoms with E-state index in [2.05, 4.69) is 9.68 Å². The fourth-order valence-electron chi connectivity index (χ4n) is 3.80. The number of amides is 1. The van der Waals surface area contributed by atoms with E-state index in [4.69, 9.17) is 0 Å². The molecule has 0 aliphatic heterocycles. The molecule has 1 atom stereocenters. The van der Waals surface area contributed by atoms with Crippen molar-refractivity contribution in [3.63, 3.8) is 0 Å². The van der Waals surface area contributed by atoms with E-state index >= 15 is 0 Å². The number of nitrogens with zero attached hydrogens (tertiary/aromatic N) is 2. The normalized spacial score (nSPS) is 13.9. The second kappa shape index (κ2) is 8.73. The zero-order valence-electron chi connectivity index (χ0n) is 18.6. The topological polar surface area (TPSA) is 136 Å². The van der Waals surface area contributed by atoms with E-state index in [0.29, 0.717) is 6.07 Å². The van der Waals surface area contributed by atoms with Gasteiger partial charge in [0.05, 0.1) is 16.0 Å². The Morgan fingerprint density at radius 1 is 1.17 bits per heavy atom. The van der Waals surface area contributed by atoms with Gasteiger partial charge in [-0.25, -0.2) is 9.18 Å². The van der Waals surface area contributed by atoms with Gasteiger partial charge in [0.2, 0.25) is 5.60 Å². The maximum absolute atomic E-state index is 14.0. The van der Waals surface area contributed by atoms with E-state index in [-0.39, 0.29) is 22.2 Å². The molecule has 186 valence electrons. The van der Waals surface area contributed by atoms with Crippen LogP contribution in [0.15, 0.2) is 45.7 Å². The predicted octanol–water partition coefficient (Wildman–Crippen LogP) is 4.14. The molecule has 2 N–H and O–H groups in total. The monoisotopic (exact) mass is 497 g/mol. The highest BCUT2D eigenvalue weighted by Crippen LogP contribution is 2.44. The summed E-state index contributed by atoms with van der Waals surface area (Å²) in [7, 11) is 0. The van der Waals surface area contributed by atoms with Gasteiger partial charge in [-0.3, -0.25) is 14.9 Å². The van der Waals surface area contributed by atoms with Gasteiger partial charge in [0.15, 0.2) is 0 Å². The summed E-state index contributed by atoms with van der Waals surface area (Å²) in [5, 5.41) is 27.7. The number of nitrogens with one attached hydrogen (secondary N) is 1. The van der Waals surface area contributed by atoms with Crippen molar-refractivity contribution in [1.29, 1.82) is 0 Å². The number of aryl methyl sites for hydroxylation is 1. The molecule has 1 unspecified atom stereocenters. The third-order valence-electron chi connectivity index (χ3n) is 5.58. The number of hydrogen-bond donors (Lipinski definition) is 2. The van der Waals surface area contributed by atoms with Crippen molar-refractivity contribution in [3.05, 3.63) is 74.0 Å². The van der Waals surface area contributed by atoms with Crippen LogP contribution in [0.4, 0.5) is 28.9 Å². The summed E-state index contributed by atoms with van der Waals surface area (Å²) in [6.07, 6.45) is -6.87. The molecule has 0 aliphatic carbocycles. The van der Waals surface area contributed by atoms with Crippen LogP contribution in [-0.2, 0) is 10.2 Å². The van der Waals surface area contributed by atoms with Crippen LogP contribution in [0.25, 0.3) is 10.8 Å². The quantitative estimate of drug-likeness (QED) is 0.297. The summed E-state index contributed by atoms with van der Waals surface area (Å²) in [6, 6.07) is 5.79. The lowest BCUT2D eigenvalue weighted by atomic mass is 9.74. The second-order valence-electron chi connectivity index (χ2n) is 8.61. The molecule has 0 saturated carbocycles. The van der Waals surface area contributed by atoms with Gasteiger partial charge in [-0.15, -0.1) is 0 Å². The number of nitro groups is 1. The highest BCUT2D eigenvalue weighted by Gasteiger charge is 2.61. The van der Waals surface area contributed by atoms with Crippen molar-refractivity contribution in [2.45, 2.75) is 44.4 Å². The Balaban J connectivity index is 2.03. The van der Waals surface area contributed by atoms with Gasteiger partial charge >= 0.3 is 11.8 Å². The van der Waals surface area contributed by atoms with Crippen molar-refractivity contribution in [1.82, 2.24) is 5.16 Å². The van der Waals surface area contributed by atoms with E-state index in [0.717, 1.165) is 32.0 Å². The van der Waals surface area contributed by atoms with Crippen molar-refractivity contribution in [2.75, 3.05) is 5.32 Å². The molecule has 0 aliphatic rings. The highest BCUT2D eigenvalue weighted by molar-refractivity contribution is 5.99. The molecule has 0 bridgehead atoms.